The van der Waals surface area contributed by atoms with Crippen LogP contribution in [0.1, 0.15) is 45.6 Å². The highest BCUT2D eigenvalue weighted by Crippen LogP contribution is 2.26. The molecule has 1 aliphatic heterocycles. The molecule has 1 amide bonds. The van der Waals surface area contributed by atoms with Crippen LogP contribution in [0.25, 0.3) is 0 Å². The van der Waals surface area contributed by atoms with Crippen molar-refractivity contribution >= 4 is 17.9 Å². The Morgan fingerprint density at radius 1 is 1.41 bits per heavy atom. The topological polar surface area (TPSA) is 42.4 Å². The molecule has 1 aliphatic rings. The highest BCUT2D eigenvalue weighted by atomic mass is 32.2. The summed E-state index contributed by atoms with van der Waals surface area (Å²) in [5.74, 6) is 0.870. The fourth-order valence-corrected chi connectivity index (χ4v) is 3.46. The Kier molecular flexibility index (Phi) is 5.73. The summed E-state index contributed by atoms with van der Waals surface area (Å²) in [6.45, 7) is 8.56. The first-order valence-corrected chi connectivity index (χ1v) is 8.89. The molecule has 1 aromatic heterocycles. The van der Waals surface area contributed by atoms with E-state index in [1.165, 1.54) is 6.42 Å². The van der Waals surface area contributed by atoms with Crippen molar-refractivity contribution in [2.75, 3.05) is 12.3 Å². The fourth-order valence-electron chi connectivity index (χ4n) is 2.46. The molecule has 4 nitrogen and oxygen atoms in total. The number of thioether (sulfide) groups is 1. The second-order valence-electron chi connectivity index (χ2n) is 6.81. The summed E-state index contributed by atoms with van der Waals surface area (Å²) in [5.41, 5.74) is 0.725. The van der Waals surface area contributed by atoms with Crippen molar-refractivity contribution in [3.63, 3.8) is 0 Å². The van der Waals surface area contributed by atoms with E-state index in [0.29, 0.717) is 0 Å². The Balaban J connectivity index is 1.94. The van der Waals surface area contributed by atoms with Gasteiger partial charge in [0.2, 0.25) is 0 Å². The van der Waals surface area contributed by atoms with Crippen LogP contribution in [0.15, 0.2) is 23.4 Å². The largest absolute Gasteiger partial charge is 0.444 e. The Hall–Kier alpha value is -1.23. The summed E-state index contributed by atoms with van der Waals surface area (Å²) in [4.78, 5) is 18.7. The highest BCUT2D eigenvalue weighted by Gasteiger charge is 2.30. The van der Waals surface area contributed by atoms with Gasteiger partial charge in [-0.25, -0.2) is 9.78 Å². The number of amides is 1. The van der Waals surface area contributed by atoms with Gasteiger partial charge in [0.15, 0.2) is 0 Å². The average molecular weight is 322 g/mol. The number of piperidine rings is 1. The Morgan fingerprint density at radius 2 is 2.18 bits per heavy atom. The van der Waals surface area contributed by atoms with Crippen molar-refractivity contribution in [1.82, 2.24) is 9.88 Å². The average Bonchev–Trinajstić information content (AvgIpc) is 2.45. The number of aromatic nitrogens is 1. The summed E-state index contributed by atoms with van der Waals surface area (Å²) in [6.07, 6.45) is 4.97. The van der Waals surface area contributed by atoms with E-state index in [4.69, 9.17) is 4.74 Å². The summed E-state index contributed by atoms with van der Waals surface area (Å²) < 4.78 is 5.54. The molecule has 22 heavy (non-hydrogen) atoms. The molecule has 1 unspecified atom stereocenters. The number of pyridine rings is 1. The normalized spacial score (nSPS) is 19.1. The monoisotopic (exact) mass is 322 g/mol. The molecular formula is C17H26N2O2S. The van der Waals surface area contributed by atoms with E-state index in [1.54, 1.807) is 11.8 Å². The van der Waals surface area contributed by atoms with Crippen molar-refractivity contribution in [3.05, 3.63) is 23.9 Å². The molecule has 0 N–H and O–H groups in total. The number of aryl methyl sites for hydroxylation is 1. The predicted octanol–water partition coefficient (Wildman–Crippen LogP) is 4.27. The molecule has 0 spiro atoms. The molecule has 2 heterocycles. The summed E-state index contributed by atoms with van der Waals surface area (Å²) in [7, 11) is 0. The summed E-state index contributed by atoms with van der Waals surface area (Å²) in [6, 6.07) is 4.35. The third kappa shape index (κ3) is 5.20. The number of carbonyl (C=O) groups is 1. The molecule has 122 valence electrons. The van der Waals surface area contributed by atoms with Crippen molar-refractivity contribution < 1.29 is 9.53 Å². The van der Waals surface area contributed by atoms with Crippen LogP contribution in [-0.2, 0) is 4.74 Å². The van der Waals surface area contributed by atoms with Crippen molar-refractivity contribution in [1.29, 1.82) is 0 Å². The summed E-state index contributed by atoms with van der Waals surface area (Å²) >= 11 is 1.71. The first-order chi connectivity index (χ1) is 10.3. The number of rotatable bonds is 3. The SMILES string of the molecule is Cc1ccc(SCC2CCCCN2C(=O)OC(C)(C)C)nc1. The number of likely N-dealkylation sites (tertiary alicyclic amines) is 1. The molecule has 1 fully saturated rings. The van der Waals surface area contributed by atoms with Crippen LogP contribution in [0.4, 0.5) is 4.79 Å². The van der Waals surface area contributed by atoms with E-state index in [1.807, 2.05) is 44.9 Å². The standard InChI is InChI=1S/C17H26N2O2S/c1-13-8-9-15(18-11-13)22-12-14-7-5-6-10-19(14)16(20)21-17(2,3)4/h8-9,11,14H,5-7,10,12H2,1-4H3. The van der Waals surface area contributed by atoms with Crippen LogP contribution >= 0.6 is 11.8 Å². The number of hydrogen-bond donors (Lipinski definition) is 0. The molecule has 0 bridgehead atoms. The van der Waals surface area contributed by atoms with E-state index in [-0.39, 0.29) is 12.1 Å². The van der Waals surface area contributed by atoms with Gasteiger partial charge in [0.1, 0.15) is 5.60 Å². The smallest absolute Gasteiger partial charge is 0.410 e. The lowest BCUT2D eigenvalue weighted by molar-refractivity contribution is 0.0126. The quantitative estimate of drug-likeness (QED) is 0.779. The second-order valence-corrected chi connectivity index (χ2v) is 7.85. The van der Waals surface area contributed by atoms with Gasteiger partial charge in [-0.05, 0) is 58.6 Å². The molecular weight excluding hydrogens is 296 g/mol. The molecule has 1 aromatic rings. The van der Waals surface area contributed by atoms with Gasteiger partial charge in [-0.1, -0.05) is 6.07 Å². The first-order valence-electron chi connectivity index (χ1n) is 7.90. The van der Waals surface area contributed by atoms with Gasteiger partial charge in [0, 0.05) is 24.5 Å². The first kappa shape index (κ1) is 17.1. The Bertz CT molecular complexity index is 496. The third-order valence-corrected chi connectivity index (χ3v) is 4.65. The van der Waals surface area contributed by atoms with Crippen LogP contribution in [0.3, 0.4) is 0 Å². The maximum Gasteiger partial charge on any atom is 0.410 e. The zero-order valence-electron chi connectivity index (χ0n) is 14.0. The van der Waals surface area contributed by atoms with Gasteiger partial charge in [-0.2, -0.15) is 0 Å². The van der Waals surface area contributed by atoms with Gasteiger partial charge < -0.3 is 9.64 Å². The second kappa shape index (κ2) is 7.36. The molecule has 1 atom stereocenters. The molecule has 0 aromatic carbocycles. The summed E-state index contributed by atoms with van der Waals surface area (Å²) in [5, 5.41) is 1.01. The molecule has 1 saturated heterocycles. The van der Waals surface area contributed by atoms with Crippen LogP contribution < -0.4 is 0 Å². The van der Waals surface area contributed by atoms with E-state index in [9.17, 15) is 4.79 Å². The van der Waals surface area contributed by atoms with Crippen molar-refractivity contribution in [3.8, 4) is 0 Å². The minimum atomic E-state index is -0.440. The maximum absolute atomic E-state index is 12.4. The Morgan fingerprint density at radius 3 is 2.82 bits per heavy atom. The van der Waals surface area contributed by atoms with Crippen LogP contribution in [0, 0.1) is 6.92 Å². The molecule has 2 rings (SSSR count). The zero-order chi connectivity index (χ0) is 16.2. The number of hydrogen-bond acceptors (Lipinski definition) is 4. The molecule has 0 aliphatic carbocycles. The molecule has 5 heteroatoms. The Labute approximate surface area is 137 Å². The van der Waals surface area contributed by atoms with E-state index in [0.717, 1.165) is 35.7 Å². The number of ether oxygens (including phenoxy) is 1. The van der Waals surface area contributed by atoms with Crippen LogP contribution in [-0.4, -0.2) is 39.9 Å². The lowest BCUT2D eigenvalue weighted by Crippen LogP contribution is -2.47. The van der Waals surface area contributed by atoms with Gasteiger partial charge in [0.05, 0.1) is 5.03 Å². The van der Waals surface area contributed by atoms with Gasteiger partial charge >= 0.3 is 6.09 Å². The van der Waals surface area contributed by atoms with Gasteiger partial charge in [0.25, 0.3) is 0 Å². The van der Waals surface area contributed by atoms with E-state index in [2.05, 4.69) is 11.1 Å². The van der Waals surface area contributed by atoms with E-state index < -0.39 is 5.60 Å². The zero-order valence-corrected chi connectivity index (χ0v) is 14.8. The van der Waals surface area contributed by atoms with Gasteiger partial charge in [-0.3, -0.25) is 0 Å². The van der Waals surface area contributed by atoms with Crippen LogP contribution in [0.5, 0.6) is 0 Å². The lowest BCUT2D eigenvalue weighted by atomic mass is 10.0. The predicted molar refractivity (Wildman–Crippen MR) is 90.3 cm³/mol. The minimum Gasteiger partial charge on any atom is -0.444 e. The van der Waals surface area contributed by atoms with Crippen molar-refractivity contribution in [2.24, 2.45) is 0 Å². The third-order valence-electron chi connectivity index (χ3n) is 3.56. The van der Waals surface area contributed by atoms with E-state index >= 15 is 0 Å². The number of carbonyl (C=O) groups excluding carboxylic acids is 1. The molecule has 0 saturated carbocycles. The number of nitrogens with zero attached hydrogens (tertiary/aromatic N) is 2. The van der Waals surface area contributed by atoms with Crippen molar-refractivity contribution in [2.45, 2.75) is 63.6 Å². The highest BCUT2D eigenvalue weighted by molar-refractivity contribution is 7.99. The fraction of sp³-hybridized carbons (Fsp3) is 0.647. The molecule has 0 radical (unpaired) electrons. The van der Waals surface area contributed by atoms with Gasteiger partial charge in [-0.15, -0.1) is 11.8 Å². The minimum absolute atomic E-state index is 0.185. The lowest BCUT2D eigenvalue weighted by Gasteiger charge is -2.36. The maximum atomic E-state index is 12.4. The van der Waals surface area contributed by atoms with Crippen LogP contribution in [0.2, 0.25) is 0 Å².